The summed E-state index contributed by atoms with van der Waals surface area (Å²) in [4.78, 5) is 2.62. The molecule has 1 aliphatic heterocycles. The molecule has 1 aromatic heterocycles. The van der Waals surface area contributed by atoms with Gasteiger partial charge in [-0.25, -0.2) is 0 Å². The Morgan fingerprint density at radius 3 is 2.95 bits per heavy atom. The van der Waals surface area contributed by atoms with E-state index in [1.807, 2.05) is 11.7 Å². The molecule has 1 aromatic carbocycles. The van der Waals surface area contributed by atoms with Crippen molar-refractivity contribution in [3.63, 3.8) is 0 Å². The predicted octanol–water partition coefficient (Wildman–Crippen LogP) is 2.29. The molecule has 1 saturated carbocycles. The number of para-hydroxylation sites is 1. The Bertz CT molecular complexity index is 629. The van der Waals surface area contributed by atoms with E-state index in [4.69, 9.17) is 5.10 Å². The molecule has 0 radical (unpaired) electrons. The Morgan fingerprint density at radius 2 is 2.10 bits per heavy atom. The molecule has 0 spiro atoms. The zero-order chi connectivity index (χ0) is 14.2. The highest BCUT2D eigenvalue weighted by atomic mass is 15.3. The first-order valence-electron chi connectivity index (χ1n) is 8.19. The van der Waals surface area contributed by atoms with Gasteiger partial charge >= 0.3 is 0 Å². The van der Waals surface area contributed by atoms with Gasteiger partial charge in [0.1, 0.15) is 0 Å². The highest BCUT2D eigenvalue weighted by Crippen LogP contribution is 2.25. The van der Waals surface area contributed by atoms with Crippen LogP contribution in [0.5, 0.6) is 0 Å². The molecular formula is C17H24N4. The molecule has 4 heteroatoms. The van der Waals surface area contributed by atoms with Crippen LogP contribution in [0.15, 0.2) is 24.3 Å². The minimum atomic E-state index is 0.686. The van der Waals surface area contributed by atoms with E-state index in [9.17, 15) is 0 Å². The van der Waals surface area contributed by atoms with Crippen LogP contribution < -0.4 is 5.32 Å². The summed E-state index contributed by atoms with van der Waals surface area (Å²) in [6, 6.07) is 10.1. The van der Waals surface area contributed by atoms with Gasteiger partial charge < -0.3 is 5.32 Å². The van der Waals surface area contributed by atoms with E-state index in [0.29, 0.717) is 6.04 Å². The fraction of sp³-hybridized carbons (Fsp3) is 0.588. The number of likely N-dealkylation sites (tertiary alicyclic amines) is 1. The Hall–Kier alpha value is -1.39. The average molecular weight is 284 g/mol. The number of hydrogen-bond acceptors (Lipinski definition) is 3. The zero-order valence-electron chi connectivity index (χ0n) is 12.8. The minimum Gasteiger partial charge on any atom is -0.312 e. The second-order valence-corrected chi connectivity index (χ2v) is 6.54. The first kappa shape index (κ1) is 13.3. The molecule has 1 aliphatic carbocycles. The SMILES string of the molecule is Cn1nc(CN2CCCC2CNC2CC2)c2ccccc21. The number of aromatic nitrogens is 2. The molecule has 4 rings (SSSR count). The summed E-state index contributed by atoms with van der Waals surface area (Å²) in [5, 5.41) is 9.75. The largest absolute Gasteiger partial charge is 0.312 e. The lowest BCUT2D eigenvalue weighted by Gasteiger charge is -2.24. The van der Waals surface area contributed by atoms with Crippen LogP contribution in [0.4, 0.5) is 0 Å². The highest BCUT2D eigenvalue weighted by Gasteiger charge is 2.28. The van der Waals surface area contributed by atoms with E-state index in [2.05, 4.69) is 34.5 Å². The quantitative estimate of drug-likeness (QED) is 0.914. The second-order valence-electron chi connectivity index (χ2n) is 6.54. The molecule has 1 unspecified atom stereocenters. The van der Waals surface area contributed by atoms with Crippen LogP contribution in [-0.2, 0) is 13.6 Å². The van der Waals surface area contributed by atoms with Crippen LogP contribution in [0.1, 0.15) is 31.4 Å². The molecule has 21 heavy (non-hydrogen) atoms. The molecule has 112 valence electrons. The molecule has 2 aromatic rings. The lowest BCUT2D eigenvalue weighted by Crippen LogP contribution is -2.38. The van der Waals surface area contributed by atoms with Crippen molar-refractivity contribution in [1.82, 2.24) is 20.0 Å². The van der Waals surface area contributed by atoms with E-state index < -0.39 is 0 Å². The molecule has 2 fully saturated rings. The van der Waals surface area contributed by atoms with Crippen molar-refractivity contribution >= 4 is 10.9 Å². The summed E-state index contributed by atoms with van der Waals surface area (Å²) >= 11 is 0. The summed E-state index contributed by atoms with van der Waals surface area (Å²) in [7, 11) is 2.04. The third-order valence-electron chi connectivity index (χ3n) is 4.91. The summed E-state index contributed by atoms with van der Waals surface area (Å²) in [5.74, 6) is 0. The van der Waals surface area contributed by atoms with Gasteiger partial charge in [-0.2, -0.15) is 5.10 Å². The lowest BCUT2D eigenvalue weighted by atomic mass is 10.2. The van der Waals surface area contributed by atoms with Crippen LogP contribution in [0.3, 0.4) is 0 Å². The molecule has 4 nitrogen and oxygen atoms in total. The van der Waals surface area contributed by atoms with E-state index in [-0.39, 0.29) is 0 Å². The molecule has 1 saturated heterocycles. The van der Waals surface area contributed by atoms with Crippen molar-refractivity contribution in [2.24, 2.45) is 7.05 Å². The van der Waals surface area contributed by atoms with Gasteiger partial charge in [-0.1, -0.05) is 18.2 Å². The number of nitrogens with one attached hydrogen (secondary N) is 1. The molecule has 1 N–H and O–H groups in total. The summed E-state index contributed by atoms with van der Waals surface area (Å²) in [6.07, 6.45) is 5.39. The van der Waals surface area contributed by atoms with Crippen LogP contribution in [-0.4, -0.2) is 39.9 Å². The van der Waals surface area contributed by atoms with Crippen LogP contribution in [0.2, 0.25) is 0 Å². The number of aryl methyl sites for hydroxylation is 1. The van der Waals surface area contributed by atoms with Crippen LogP contribution >= 0.6 is 0 Å². The Morgan fingerprint density at radius 1 is 1.24 bits per heavy atom. The first-order chi connectivity index (χ1) is 10.3. The normalized spacial score (nSPS) is 23.2. The maximum Gasteiger partial charge on any atom is 0.0843 e. The van der Waals surface area contributed by atoms with E-state index >= 15 is 0 Å². The standard InChI is InChI=1S/C17H24N4/c1-20-17-7-3-2-6-15(17)16(19-20)12-21-10-4-5-14(21)11-18-13-8-9-13/h2-3,6-7,13-14,18H,4-5,8-12H2,1H3. The van der Waals surface area contributed by atoms with Gasteiger partial charge in [0.15, 0.2) is 0 Å². The second kappa shape index (κ2) is 5.43. The van der Waals surface area contributed by atoms with Crippen LogP contribution in [0.25, 0.3) is 10.9 Å². The van der Waals surface area contributed by atoms with Crippen molar-refractivity contribution in [1.29, 1.82) is 0 Å². The zero-order valence-corrected chi connectivity index (χ0v) is 12.8. The van der Waals surface area contributed by atoms with Gasteiger partial charge in [-0.05, 0) is 38.3 Å². The van der Waals surface area contributed by atoms with E-state index in [1.165, 1.54) is 48.8 Å². The number of rotatable bonds is 5. The van der Waals surface area contributed by atoms with Crippen molar-refractivity contribution in [2.45, 2.75) is 44.3 Å². The predicted molar refractivity (Wildman–Crippen MR) is 85.2 cm³/mol. The van der Waals surface area contributed by atoms with Gasteiger partial charge in [0.2, 0.25) is 0 Å². The van der Waals surface area contributed by atoms with Gasteiger partial charge in [-0.3, -0.25) is 9.58 Å². The Labute approximate surface area is 126 Å². The Kier molecular flexibility index (Phi) is 3.43. The third-order valence-corrected chi connectivity index (χ3v) is 4.91. The molecule has 2 heterocycles. The maximum absolute atomic E-state index is 4.75. The van der Waals surface area contributed by atoms with Gasteiger partial charge in [0.25, 0.3) is 0 Å². The number of benzene rings is 1. The van der Waals surface area contributed by atoms with Crippen molar-refractivity contribution in [2.75, 3.05) is 13.1 Å². The van der Waals surface area contributed by atoms with Gasteiger partial charge in [-0.15, -0.1) is 0 Å². The first-order valence-corrected chi connectivity index (χ1v) is 8.19. The van der Waals surface area contributed by atoms with Crippen molar-refractivity contribution < 1.29 is 0 Å². The number of fused-ring (bicyclic) bond motifs is 1. The number of hydrogen-bond donors (Lipinski definition) is 1. The fourth-order valence-corrected chi connectivity index (χ4v) is 3.52. The molecular weight excluding hydrogens is 260 g/mol. The lowest BCUT2D eigenvalue weighted by molar-refractivity contribution is 0.236. The number of nitrogens with zero attached hydrogens (tertiary/aromatic N) is 3. The molecule has 0 bridgehead atoms. The van der Waals surface area contributed by atoms with Crippen molar-refractivity contribution in [3.8, 4) is 0 Å². The van der Waals surface area contributed by atoms with E-state index in [0.717, 1.165) is 19.1 Å². The monoisotopic (exact) mass is 284 g/mol. The topological polar surface area (TPSA) is 33.1 Å². The summed E-state index contributed by atoms with van der Waals surface area (Å²) in [6.45, 7) is 3.34. The summed E-state index contributed by atoms with van der Waals surface area (Å²) in [5.41, 5.74) is 2.46. The maximum atomic E-state index is 4.75. The molecule has 0 amide bonds. The third kappa shape index (κ3) is 2.70. The average Bonchev–Trinajstić information content (AvgIpc) is 3.15. The van der Waals surface area contributed by atoms with Gasteiger partial charge in [0.05, 0.1) is 11.2 Å². The highest BCUT2D eigenvalue weighted by molar-refractivity contribution is 5.81. The van der Waals surface area contributed by atoms with Gasteiger partial charge in [0, 0.05) is 37.6 Å². The van der Waals surface area contributed by atoms with Crippen molar-refractivity contribution in [3.05, 3.63) is 30.0 Å². The van der Waals surface area contributed by atoms with E-state index in [1.54, 1.807) is 0 Å². The molecule has 2 aliphatic rings. The fourth-order valence-electron chi connectivity index (χ4n) is 3.52. The summed E-state index contributed by atoms with van der Waals surface area (Å²) < 4.78 is 2.01. The smallest absolute Gasteiger partial charge is 0.0843 e. The minimum absolute atomic E-state index is 0.686. The Balaban J connectivity index is 1.50. The van der Waals surface area contributed by atoms with Crippen LogP contribution in [0, 0.1) is 0 Å². The molecule has 1 atom stereocenters.